The van der Waals surface area contributed by atoms with E-state index in [9.17, 15) is 14.2 Å². The zero-order valence-corrected chi connectivity index (χ0v) is 14.7. The minimum Gasteiger partial charge on any atom is -0.465 e. The van der Waals surface area contributed by atoms with Crippen LogP contribution in [-0.2, 0) is 18.9 Å². The second-order valence-electron chi connectivity index (χ2n) is 5.50. The fourth-order valence-corrected chi connectivity index (χ4v) is 5.81. The Hall–Kier alpha value is -2.19. The number of ether oxygens (including phenoxy) is 1. The second kappa shape index (κ2) is 8.07. The van der Waals surface area contributed by atoms with Gasteiger partial charge in [-0.2, -0.15) is 0 Å². The summed E-state index contributed by atoms with van der Waals surface area (Å²) in [6.45, 7) is 3.27. The molecule has 0 N–H and O–H groups in total. The first-order chi connectivity index (χ1) is 11.5. The molecule has 0 radical (unpaired) electrons. The Kier molecular flexibility index (Phi) is 6.10. The minimum atomic E-state index is -3.37. The molecule has 2 aromatic carbocycles. The van der Waals surface area contributed by atoms with Crippen LogP contribution in [0.3, 0.4) is 0 Å². The Bertz CT molecular complexity index is 697. The highest BCUT2D eigenvalue weighted by Gasteiger charge is 2.42. The molecule has 0 aliphatic rings. The molecule has 0 saturated heterocycles. The fourth-order valence-electron chi connectivity index (χ4n) is 2.68. The van der Waals surface area contributed by atoms with E-state index in [2.05, 4.69) is 0 Å². The maximum atomic E-state index is 14.1. The number of rotatable bonds is 7. The third kappa shape index (κ3) is 3.82. The Morgan fingerprint density at radius 1 is 0.958 bits per heavy atom. The summed E-state index contributed by atoms with van der Waals surface area (Å²) >= 11 is 0. The molecule has 2 aromatic rings. The summed E-state index contributed by atoms with van der Waals surface area (Å²) in [5.74, 6) is -0.788. The van der Waals surface area contributed by atoms with E-state index < -0.39 is 18.8 Å². The first-order valence-corrected chi connectivity index (χ1v) is 9.64. The molecule has 0 saturated carbocycles. The van der Waals surface area contributed by atoms with Crippen molar-refractivity contribution in [3.8, 4) is 0 Å². The van der Waals surface area contributed by atoms with Crippen LogP contribution in [0.15, 0.2) is 60.7 Å². The summed E-state index contributed by atoms with van der Waals surface area (Å²) in [7, 11) is -3.37. The molecule has 0 aromatic heterocycles. The molecule has 2 rings (SSSR count). The molecule has 0 fully saturated rings. The minimum absolute atomic E-state index is 0.111. The van der Waals surface area contributed by atoms with Crippen molar-refractivity contribution in [1.82, 2.24) is 0 Å². The van der Waals surface area contributed by atoms with Crippen molar-refractivity contribution < 1.29 is 18.9 Å². The Morgan fingerprint density at radius 2 is 1.42 bits per heavy atom. The third-order valence-electron chi connectivity index (χ3n) is 3.76. The van der Waals surface area contributed by atoms with Gasteiger partial charge in [0.1, 0.15) is 11.4 Å². The van der Waals surface area contributed by atoms with Gasteiger partial charge in [-0.05, 0) is 13.8 Å². The Labute approximate surface area is 142 Å². The summed E-state index contributed by atoms with van der Waals surface area (Å²) in [4.78, 5) is 24.3. The highest BCUT2D eigenvalue weighted by molar-refractivity contribution is 7.80. The number of ketones is 1. The van der Waals surface area contributed by atoms with Crippen LogP contribution in [-0.4, -0.2) is 24.0 Å². The van der Waals surface area contributed by atoms with Crippen LogP contribution in [0.2, 0.25) is 0 Å². The molecule has 24 heavy (non-hydrogen) atoms. The van der Waals surface area contributed by atoms with Gasteiger partial charge in [-0.1, -0.05) is 60.7 Å². The van der Waals surface area contributed by atoms with Gasteiger partial charge in [-0.3, -0.25) is 9.59 Å². The molecule has 0 aliphatic heterocycles. The monoisotopic (exact) mass is 344 g/mol. The van der Waals surface area contributed by atoms with Gasteiger partial charge in [0.2, 0.25) is 0 Å². The number of hydrogen-bond donors (Lipinski definition) is 0. The van der Waals surface area contributed by atoms with E-state index in [0.717, 1.165) is 0 Å². The van der Waals surface area contributed by atoms with Gasteiger partial charge >= 0.3 is 5.97 Å². The maximum absolute atomic E-state index is 14.1. The van der Waals surface area contributed by atoms with Crippen LogP contribution in [0.25, 0.3) is 0 Å². The predicted molar refractivity (Wildman–Crippen MR) is 95.5 cm³/mol. The molecular formula is C19H21O4P. The van der Waals surface area contributed by atoms with E-state index in [-0.39, 0.29) is 18.8 Å². The van der Waals surface area contributed by atoms with Gasteiger partial charge in [0.25, 0.3) is 0 Å². The number of Topliss-reactive ketones (excluding diaryl/α,β-unsaturated/α-hetero) is 1. The van der Waals surface area contributed by atoms with Gasteiger partial charge in [-0.15, -0.1) is 0 Å². The molecule has 1 atom stereocenters. The number of benzene rings is 2. The standard InChI is InChI=1S/C19H21O4P/c1-3-23-19(21)18(14-15(2)20)24(22,16-10-6-4-7-11-16)17-12-8-5-9-13-17/h4-13,18H,3,14H2,1-2H3. The molecule has 4 nitrogen and oxygen atoms in total. The zero-order valence-electron chi connectivity index (χ0n) is 13.8. The third-order valence-corrected chi connectivity index (χ3v) is 7.16. The fraction of sp³-hybridized carbons (Fsp3) is 0.263. The lowest BCUT2D eigenvalue weighted by Gasteiger charge is -2.26. The van der Waals surface area contributed by atoms with E-state index in [1.165, 1.54) is 6.92 Å². The van der Waals surface area contributed by atoms with Crippen LogP contribution in [0.5, 0.6) is 0 Å². The number of carbonyl (C=O) groups is 2. The van der Waals surface area contributed by atoms with Gasteiger partial charge < -0.3 is 9.30 Å². The average Bonchev–Trinajstić information content (AvgIpc) is 2.60. The molecule has 0 amide bonds. The highest BCUT2D eigenvalue weighted by Crippen LogP contribution is 2.50. The highest BCUT2D eigenvalue weighted by atomic mass is 31.2. The molecular weight excluding hydrogens is 323 g/mol. The van der Waals surface area contributed by atoms with E-state index in [0.29, 0.717) is 10.6 Å². The lowest BCUT2D eigenvalue weighted by atomic mass is 10.2. The summed E-state index contributed by atoms with van der Waals surface area (Å²) in [6.07, 6.45) is -0.111. The van der Waals surface area contributed by atoms with E-state index in [4.69, 9.17) is 4.74 Å². The summed E-state index contributed by atoms with van der Waals surface area (Å²) in [6, 6.07) is 17.7. The van der Waals surface area contributed by atoms with E-state index >= 15 is 0 Å². The lowest BCUT2D eigenvalue weighted by Crippen LogP contribution is -2.34. The van der Waals surface area contributed by atoms with Crippen LogP contribution >= 0.6 is 7.14 Å². The van der Waals surface area contributed by atoms with Crippen molar-refractivity contribution in [3.05, 3.63) is 60.7 Å². The van der Waals surface area contributed by atoms with Crippen molar-refractivity contribution in [2.24, 2.45) is 0 Å². The van der Waals surface area contributed by atoms with Crippen LogP contribution in [0.4, 0.5) is 0 Å². The summed E-state index contributed by atoms with van der Waals surface area (Å²) < 4.78 is 19.2. The zero-order chi connectivity index (χ0) is 17.6. The van der Waals surface area contributed by atoms with Crippen molar-refractivity contribution in [2.75, 3.05) is 6.61 Å². The molecule has 1 unspecified atom stereocenters. The summed E-state index contributed by atoms with van der Waals surface area (Å²) in [5, 5.41) is 1.10. The molecule has 0 aliphatic carbocycles. The van der Waals surface area contributed by atoms with Gasteiger partial charge in [-0.25, -0.2) is 0 Å². The second-order valence-corrected chi connectivity index (χ2v) is 8.48. The quantitative estimate of drug-likeness (QED) is 0.572. The van der Waals surface area contributed by atoms with Crippen LogP contribution in [0, 0.1) is 0 Å². The Morgan fingerprint density at radius 3 is 1.79 bits per heavy atom. The van der Waals surface area contributed by atoms with Crippen molar-refractivity contribution >= 4 is 29.5 Å². The number of carbonyl (C=O) groups excluding carboxylic acids is 2. The van der Waals surface area contributed by atoms with E-state index in [1.807, 2.05) is 12.1 Å². The van der Waals surface area contributed by atoms with Crippen molar-refractivity contribution in [1.29, 1.82) is 0 Å². The van der Waals surface area contributed by atoms with Gasteiger partial charge in [0.05, 0.1) is 6.61 Å². The normalized spacial score (nSPS) is 12.4. The van der Waals surface area contributed by atoms with E-state index in [1.54, 1.807) is 55.5 Å². The number of hydrogen-bond acceptors (Lipinski definition) is 4. The van der Waals surface area contributed by atoms with Gasteiger partial charge in [0, 0.05) is 17.0 Å². The van der Waals surface area contributed by atoms with Crippen molar-refractivity contribution in [3.63, 3.8) is 0 Å². The van der Waals surface area contributed by atoms with Gasteiger partial charge in [0.15, 0.2) is 7.14 Å². The molecule has 126 valence electrons. The summed E-state index contributed by atoms with van der Waals surface area (Å²) in [5.41, 5.74) is -1.01. The smallest absolute Gasteiger partial charge is 0.317 e. The number of esters is 1. The largest absolute Gasteiger partial charge is 0.465 e. The SMILES string of the molecule is CCOC(=O)C(CC(C)=O)P(=O)(c1ccccc1)c1ccccc1. The average molecular weight is 344 g/mol. The molecule has 0 bridgehead atoms. The van der Waals surface area contributed by atoms with Crippen molar-refractivity contribution in [2.45, 2.75) is 25.9 Å². The Balaban J connectivity index is 2.65. The predicted octanol–water partition coefficient (Wildman–Crippen LogP) is 2.91. The first-order valence-electron chi connectivity index (χ1n) is 7.87. The first kappa shape index (κ1) is 18.2. The lowest BCUT2D eigenvalue weighted by molar-refractivity contribution is -0.143. The molecule has 5 heteroatoms. The van der Waals surface area contributed by atoms with Crippen LogP contribution in [0.1, 0.15) is 20.3 Å². The molecule has 0 spiro atoms. The molecule has 0 heterocycles. The maximum Gasteiger partial charge on any atom is 0.317 e. The topological polar surface area (TPSA) is 60.4 Å². The van der Waals surface area contributed by atoms with Crippen LogP contribution < -0.4 is 10.6 Å².